The number of esters is 1. The molecule has 2 unspecified atom stereocenters. The third-order valence-corrected chi connectivity index (χ3v) is 4.08. The fourth-order valence-electron chi connectivity index (χ4n) is 2.22. The van der Waals surface area contributed by atoms with Crippen LogP contribution in [0.4, 0.5) is 0 Å². The van der Waals surface area contributed by atoms with E-state index in [2.05, 4.69) is 16.4 Å². The van der Waals surface area contributed by atoms with Gasteiger partial charge in [-0.25, -0.2) is 4.98 Å². The minimum absolute atomic E-state index is 0.0549. The molecule has 3 rings (SSSR count). The van der Waals surface area contributed by atoms with Crippen molar-refractivity contribution in [3.8, 4) is 0 Å². The molecule has 4 heteroatoms. The SMILES string of the molecule is CCOC(=O)C1CC1c1csc2ncccc12. The number of nitrogens with zero attached hydrogens (tertiary/aromatic N) is 1. The van der Waals surface area contributed by atoms with Gasteiger partial charge in [0.15, 0.2) is 0 Å². The number of thiophene rings is 1. The van der Waals surface area contributed by atoms with Crippen molar-refractivity contribution < 1.29 is 9.53 Å². The molecule has 2 atom stereocenters. The molecule has 2 heterocycles. The summed E-state index contributed by atoms with van der Waals surface area (Å²) in [5.41, 5.74) is 1.26. The van der Waals surface area contributed by atoms with Crippen molar-refractivity contribution >= 4 is 27.5 Å². The summed E-state index contributed by atoms with van der Waals surface area (Å²) in [5.74, 6) is 0.348. The Morgan fingerprint density at radius 3 is 3.35 bits per heavy atom. The average Bonchev–Trinajstić information content (AvgIpc) is 3.02. The first-order valence-corrected chi connectivity index (χ1v) is 6.68. The Morgan fingerprint density at radius 1 is 1.65 bits per heavy atom. The Kier molecular flexibility index (Phi) is 2.59. The molecule has 88 valence electrons. The molecule has 1 aliphatic rings. The number of ether oxygens (including phenoxy) is 1. The zero-order valence-corrected chi connectivity index (χ0v) is 10.4. The van der Waals surface area contributed by atoms with Crippen LogP contribution in [0, 0.1) is 5.92 Å². The van der Waals surface area contributed by atoms with Crippen LogP contribution in [0.1, 0.15) is 24.8 Å². The monoisotopic (exact) mass is 247 g/mol. The zero-order valence-electron chi connectivity index (χ0n) is 9.55. The van der Waals surface area contributed by atoms with Crippen molar-refractivity contribution in [2.75, 3.05) is 6.61 Å². The van der Waals surface area contributed by atoms with Crippen molar-refractivity contribution in [3.63, 3.8) is 0 Å². The summed E-state index contributed by atoms with van der Waals surface area (Å²) in [5, 5.41) is 3.32. The minimum atomic E-state index is -0.0549. The first kappa shape index (κ1) is 10.7. The van der Waals surface area contributed by atoms with E-state index < -0.39 is 0 Å². The van der Waals surface area contributed by atoms with E-state index in [1.54, 1.807) is 17.5 Å². The van der Waals surface area contributed by atoms with Crippen LogP contribution < -0.4 is 0 Å². The van der Waals surface area contributed by atoms with Gasteiger partial charge in [0.25, 0.3) is 0 Å². The molecular weight excluding hydrogens is 234 g/mol. The quantitative estimate of drug-likeness (QED) is 0.783. The molecule has 1 fully saturated rings. The number of rotatable bonds is 3. The molecule has 0 saturated heterocycles. The van der Waals surface area contributed by atoms with E-state index in [0.29, 0.717) is 12.5 Å². The maximum absolute atomic E-state index is 11.6. The van der Waals surface area contributed by atoms with Gasteiger partial charge >= 0.3 is 5.97 Å². The highest BCUT2D eigenvalue weighted by Crippen LogP contribution is 2.51. The van der Waals surface area contributed by atoms with Gasteiger partial charge in [-0.2, -0.15) is 0 Å². The van der Waals surface area contributed by atoms with E-state index in [1.807, 2.05) is 13.0 Å². The van der Waals surface area contributed by atoms with Gasteiger partial charge in [-0.15, -0.1) is 11.3 Å². The molecule has 1 saturated carbocycles. The van der Waals surface area contributed by atoms with Gasteiger partial charge in [0.05, 0.1) is 12.5 Å². The highest BCUT2D eigenvalue weighted by molar-refractivity contribution is 7.16. The Morgan fingerprint density at radius 2 is 2.53 bits per heavy atom. The van der Waals surface area contributed by atoms with Crippen molar-refractivity contribution in [3.05, 3.63) is 29.3 Å². The number of pyridine rings is 1. The van der Waals surface area contributed by atoms with E-state index in [4.69, 9.17) is 4.74 Å². The Labute approximate surface area is 103 Å². The maximum atomic E-state index is 11.6. The van der Waals surface area contributed by atoms with E-state index >= 15 is 0 Å². The highest BCUT2D eigenvalue weighted by atomic mass is 32.1. The van der Waals surface area contributed by atoms with Crippen LogP contribution in [0.3, 0.4) is 0 Å². The molecule has 2 aromatic rings. The van der Waals surface area contributed by atoms with Gasteiger partial charge in [-0.05, 0) is 36.3 Å². The van der Waals surface area contributed by atoms with Crippen LogP contribution in [0.5, 0.6) is 0 Å². The van der Waals surface area contributed by atoms with Crippen LogP contribution in [0.15, 0.2) is 23.7 Å². The second-order valence-corrected chi connectivity index (χ2v) is 5.11. The molecule has 0 bridgehead atoms. The molecule has 0 aliphatic heterocycles. The molecular formula is C13H13NO2S. The summed E-state index contributed by atoms with van der Waals surface area (Å²) in [4.78, 5) is 17.0. The first-order valence-electron chi connectivity index (χ1n) is 5.80. The number of aromatic nitrogens is 1. The molecule has 0 N–H and O–H groups in total. The van der Waals surface area contributed by atoms with Gasteiger partial charge in [0.2, 0.25) is 0 Å². The van der Waals surface area contributed by atoms with E-state index in [1.165, 1.54) is 10.9 Å². The molecule has 0 radical (unpaired) electrons. The lowest BCUT2D eigenvalue weighted by molar-refractivity contribution is -0.144. The number of fused-ring (bicyclic) bond motifs is 1. The van der Waals surface area contributed by atoms with E-state index in [0.717, 1.165) is 11.3 Å². The van der Waals surface area contributed by atoms with Crippen molar-refractivity contribution in [2.45, 2.75) is 19.3 Å². The van der Waals surface area contributed by atoms with Gasteiger partial charge in [0, 0.05) is 11.6 Å². The normalized spacial score (nSPS) is 22.6. The van der Waals surface area contributed by atoms with Crippen LogP contribution in [0.25, 0.3) is 10.2 Å². The van der Waals surface area contributed by atoms with Crippen molar-refractivity contribution in [1.82, 2.24) is 4.98 Å². The lowest BCUT2D eigenvalue weighted by Crippen LogP contribution is -2.07. The van der Waals surface area contributed by atoms with Crippen LogP contribution in [-0.2, 0) is 9.53 Å². The van der Waals surface area contributed by atoms with Gasteiger partial charge in [-0.1, -0.05) is 6.07 Å². The standard InChI is InChI=1S/C13H13NO2S/c1-2-16-13(15)10-6-9(10)11-7-17-12-8(11)4-3-5-14-12/h3-5,7,9-10H,2,6H2,1H3. The Hall–Kier alpha value is -1.42. The summed E-state index contributed by atoms with van der Waals surface area (Å²) in [6.45, 7) is 2.31. The summed E-state index contributed by atoms with van der Waals surface area (Å²) in [7, 11) is 0. The summed E-state index contributed by atoms with van der Waals surface area (Å²) in [6.07, 6.45) is 2.72. The molecule has 17 heavy (non-hydrogen) atoms. The molecule has 0 aromatic carbocycles. The third-order valence-electron chi connectivity index (χ3n) is 3.16. The first-order chi connectivity index (χ1) is 8.31. The van der Waals surface area contributed by atoms with E-state index in [-0.39, 0.29) is 11.9 Å². The second kappa shape index (κ2) is 4.11. The largest absolute Gasteiger partial charge is 0.466 e. The molecule has 0 spiro atoms. The molecule has 1 aliphatic carbocycles. The van der Waals surface area contributed by atoms with Crippen LogP contribution >= 0.6 is 11.3 Å². The number of hydrogen-bond acceptors (Lipinski definition) is 4. The smallest absolute Gasteiger partial charge is 0.309 e. The fraction of sp³-hybridized carbons (Fsp3) is 0.385. The molecule has 0 amide bonds. The van der Waals surface area contributed by atoms with Crippen molar-refractivity contribution in [1.29, 1.82) is 0 Å². The van der Waals surface area contributed by atoms with Crippen LogP contribution in [-0.4, -0.2) is 17.6 Å². The van der Waals surface area contributed by atoms with Gasteiger partial charge in [0.1, 0.15) is 4.83 Å². The van der Waals surface area contributed by atoms with Crippen molar-refractivity contribution in [2.24, 2.45) is 5.92 Å². The number of carbonyl (C=O) groups excluding carboxylic acids is 1. The predicted molar refractivity (Wildman–Crippen MR) is 67.1 cm³/mol. The lowest BCUT2D eigenvalue weighted by Gasteiger charge is -2.00. The predicted octanol–water partition coefficient (Wildman–Crippen LogP) is 2.96. The lowest BCUT2D eigenvalue weighted by atomic mass is 10.1. The highest BCUT2D eigenvalue weighted by Gasteiger charge is 2.46. The topological polar surface area (TPSA) is 39.2 Å². The van der Waals surface area contributed by atoms with E-state index in [9.17, 15) is 4.79 Å². The summed E-state index contributed by atoms with van der Waals surface area (Å²) in [6, 6.07) is 4.02. The number of carbonyl (C=O) groups is 1. The number of hydrogen-bond donors (Lipinski definition) is 0. The Bertz CT molecular complexity index is 563. The third kappa shape index (κ3) is 1.82. The second-order valence-electron chi connectivity index (χ2n) is 4.25. The minimum Gasteiger partial charge on any atom is -0.466 e. The molecule has 2 aromatic heterocycles. The molecule has 3 nitrogen and oxygen atoms in total. The van der Waals surface area contributed by atoms with Gasteiger partial charge < -0.3 is 4.74 Å². The average molecular weight is 247 g/mol. The fourth-order valence-corrected chi connectivity index (χ4v) is 3.20. The van der Waals surface area contributed by atoms with Crippen LogP contribution in [0.2, 0.25) is 0 Å². The maximum Gasteiger partial charge on any atom is 0.309 e. The summed E-state index contributed by atoms with van der Waals surface area (Å²) < 4.78 is 5.06. The van der Waals surface area contributed by atoms with Gasteiger partial charge in [-0.3, -0.25) is 4.79 Å². The summed E-state index contributed by atoms with van der Waals surface area (Å²) >= 11 is 1.65. The zero-order chi connectivity index (χ0) is 11.8. The Balaban J connectivity index is 1.85.